The Morgan fingerprint density at radius 2 is 1.81 bits per heavy atom. The SMILES string of the molecule is CC(C)(C)c1ccc(-c2nnc(SCCC#N)n2C2CCCCC2)cc1. The van der Waals surface area contributed by atoms with E-state index < -0.39 is 0 Å². The van der Waals surface area contributed by atoms with Crippen molar-refractivity contribution in [3.8, 4) is 17.5 Å². The van der Waals surface area contributed by atoms with Crippen molar-refractivity contribution in [3.63, 3.8) is 0 Å². The first-order valence-electron chi connectivity index (χ1n) is 9.56. The molecule has 138 valence electrons. The van der Waals surface area contributed by atoms with E-state index in [0.717, 1.165) is 22.3 Å². The van der Waals surface area contributed by atoms with Gasteiger partial charge in [0.2, 0.25) is 0 Å². The molecule has 1 aliphatic carbocycles. The molecule has 5 heteroatoms. The number of hydrogen-bond acceptors (Lipinski definition) is 4. The maximum absolute atomic E-state index is 8.83. The predicted octanol–water partition coefficient (Wildman–Crippen LogP) is 5.75. The molecular weight excluding hydrogens is 340 g/mol. The van der Waals surface area contributed by atoms with Crippen molar-refractivity contribution in [1.82, 2.24) is 14.8 Å². The lowest BCUT2D eigenvalue weighted by molar-refractivity contribution is 0.339. The van der Waals surface area contributed by atoms with Gasteiger partial charge < -0.3 is 0 Å². The highest BCUT2D eigenvalue weighted by Crippen LogP contribution is 2.36. The summed E-state index contributed by atoms with van der Waals surface area (Å²) in [6.45, 7) is 6.70. The Kier molecular flexibility index (Phi) is 6.03. The fourth-order valence-electron chi connectivity index (χ4n) is 3.55. The third-order valence-electron chi connectivity index (χ3n) is 5.06. The van der Waals surface area contributed by atoms with Crippen LogP contribution in [0.3, 0.4) is 0 Å². The van der Waals surface area contributed by atoms with E-state index in [9.17, 15) is 0 Å². The summed E-state index contributed by atoms with van der Waals surface area (Å²) in [5.41, 5.74) is 2.60. The zero-order valence-electron chi connectivity index (χ0n) is 16.0. The molecule has 1 fully saturated rings. The Morgan fingerprint density at radius 3 is 2.42 bits per heavy atom. The molecule has 0 saturated heterocycles. The van der Waals surface area contributed by atoms with Crippen LogP contribution in [0.15, 0.2) is 29.4 Å². The first-order valence-corrected chi connectivity index (χ1v) is 10.5. The van der Waals surface area contributed by atoms with Crippen molar-refractivity contribution in [1.29, 1.82) is 5.26 Å². The fourth-order valence-corrected chi connectivity index (χ4v) is 4.40. The minimum absolute atomic E-state index is 0.147. The van der Waals surface area contributed by atoms with Crippen LogP contribution >= 0.6 is 11.8 Å². The molecule has 0 bridgehead atoms. The van der Waals surface area contributed by atoms with Crippen LogP contribution in [0.5, 0.6) is 0 Å². The van der Waals surface area contributed by atoms with Gasteiger partial charge in [-0.05, 0) is 23.8 Å². The van der Waals surface area contributed by atoms with E-state index in [-0.39, 0.29) is 5.41 Å². The number of rotatable bonds is 5. The van der Waals surface area contributed by atoms with Gasteiger partial charge in [0.15, 0.2) is 11.0 Å². The lowest BCUT2D eigenvalue weighted by Crippen LogP contribution is -2.15. The summed E-state index contributed by atoms with van der Waals surface area (Å²) in [6.07, 6.45) is 6.79. The maximum Gasteiger partial charge on any atom is 0.191 e. The van der Waals surface area contributed by atoms with Crippen LogP contribution in [-0.2, 0) is 5.41 Å². The monoisotopic (exact) mass is 368 g/mol. The number of aromatic nitrogens is 3. The van der Waals surface area contributed by atoms with Gasteiger partial charge >= 0.3 is 0 Å². The normalized spacial score (nSPS) is 15.8. The standard InChI is InChI=1S/C21H28N4S/c1-21(2,3)17-12-10-16(11-13-17)19-23-24-20(26-15-7-14-22)25(19)18-8-5-4-6-9-18/h10-13,18H,4-9,15H2,1-3H3. The van der Waals surface area contributed by atoms with Gasteiger partial charge in [0.25, 0.3) is 0 Å². The summed E-state index contributed by atoms with van der Waals surface area (Å²) < 4.78 is 2.34. The van der Waals surface area contributed by atoms with Crippen LogP contribution in [0.2, 0.25) is 0 Å². The lowest BCUT2D eigenvalue weighted by atomic mass is 9.86. The number of hydrogen-bond donors (Lipinski definition) is 0. The molecule has 0 amide bonds. The molecule has 1 aromatic carbocycles. The smallest absolute Gasteiger partial charge is 0.191 e. The molecule has 1 aromatic heterocycles. The lowest BCUT2D eigenvalue weighted by Gasteiger charge is -2.26. The Morgan fingerprint density at radius 1 is 1.12 bits per heavy atom. The van der Waals surface area contributed by atoms with Gasteiger partial charge in [-0.25, -0.2) is 0 Å². The average molecular weight is 369 g/mol. The van der Waals surface area contributed by atoms with Crippen molar-refractivity contribution in [2.45, 2.75) is 75.9 Å². The van der Waals surface area contributed by atoms with Crippen LogP contribution < -0.4 is 0 Å². The van der Waals surface area contributed by atoms with Crippen molar-refractivity contribution < 1.29 is 0 Å². The molecule has 1 aliphatic rings. The molecule has 0 atom stereocenters. The second-order valence-corrected chi connectivity index (χ2v) is 9.11. The van der Waals surface area contributed by atoms with E-state index in [1.807, 2.05) is 0 Å². The molecule has 0 radical (unpaired) electrons. The van der Waals surface area contributed by atoms with Crippen molar-refractivity contribution >= 4 is 11.8 Å². The first-order chi connectivity index (χ1) is 12.5. The zero-order valence-corrected chi connectivity index (χ0v) is 16.9. The number of nitrogens with zero attached hydrogens (tertiary/aromatic N) is 4. The van der Waals surface area contributed by atoms with Gasteiger partial charge in [0.1, 0.15) is 0 Å². The average Bonchev–Trinajstić information content (AvgIpc) is 3.06. The number of benzene rings is 1. The highest BCUT2D eigenvalue weighted by atomic mass is 32.2. The van der Waals surface area contributed by atoms with E-state index in [1.165, 1.54) is 37.7 Å². The minimum atomic E-state index is 0.147. The molecular formula is C21H28N4S. The largest absolute Gasteiger partial charge is 0.299 e. The summed E-state index contributed by atoms with van der Waals surface area (Å²) in [5.74, 6) is 1.74. The fraction of sp³-hybridized carbons (Fsp3) is 0.571. The van der Waals surface area contributed by atoms with Crippen molar-refractivity contribution in [2.24, 2.45) is 0 Å². The van der Waals surface area contributed by atoms with E-state index >= 15 is 0 Å². The second-order valence-electron chi connectivity index (χ2n) is 8.05. The summed E-state index contributed by atoms with van der Waals surface area (Å²) >= 11 is 1.66. The van der Waals surface area contributed by atoms with Crippen LogP contribution in [0.25, 0.3) is 11.4 Å². The summed E-state index contributed by atoms with van der Waals surface area (Å²) in [7, 11) is 0. The predicted molar refractivity (Wildman–Crippen MR) is 107 cm³/mol. The summed E-state index contributed by atoms with van der Waals surface area (Å²) in [5, 5.41) is 18.8. The van der Waals surface area contributed by atoms with Gasteiger partial charge in [-0.3, -0.25) is 4.57 Å². The molecule has 2 aromatic rings. The number of nitriles is 1. The molecule has 0 aliphatic heterocycles. The maximum atomic E-state index is 8.83. The Bertz CT molecular complexity index is 759. The van der Waals surface area contributed by atoms with Gasteiger partial charge in [-0.1, -0.05) is 76.1 Å². The Labute approximate surface area is 161 Å². The third kappa shape index (κ3) is 4.29. The van der Waals surface area contributed by atoms with Crippen LogP contribution in [0, 0.1) is 11.3 Å². The van der Waals surface area contributed by atoms with Crippen LogP contribution in [0.4, 0.5) is 0 Å². The molecule has 0 spiro atoms. The number of thioether (sulfide) groups is 1. The highest BCUT2D eigenvalue weighted by Gasteiger charge is 2.24. The van der Waals surface area contributed by atoms with Crippen LogP contribution in [0.1, 0.15) is 70.9 Å². The molecule has 0 N–H and O–H groups in total. The zero-order chi connectivity index (χ0) is 18.6. The molecule has 0 unspecified atom stereocenters. The van der Waals surface area contributed by atoms with E-state index in [0.29, 0.717) is 12.5 Å². The molecule has 3 rings (SSSR count). The van der Waals surface area contributed by atoms with Gasteiger partial charge in [-0.2, -0.15) is 5.26 Å². The van der Waals surface area contributed by atoms with Gasteiger partial charge in [0.05, 0.1) is 6.07 Å². The Balaban J connectivity index is 1.94. The van der Waals surface area contributed by atoms with Gasteiger partial charge in [0, 0.05) is 23.8 Å². The van der Waals surface area contributed by atoms with Crippen molar-refractivity contribution in [2.75, 3.05) is 5.75 Å². The third-order valence-corrected chi connectivity index (χ3v) is 6.00. The van der Waals surface area contributed by atoms with Crippen LogP contribution in [-0.4, -0.2) is 20.5 Å². The topological polar surface area (TPSA) is 54.5 Å². The Hall–Kier alpha value is -1.80. The second kappa shape index (κ2) is 8.26. The van der Waals surface area contributed by atoms with E-state index in [2.05, 4.69) is 65.9 Å². The highest BCUT2D eigenvalue weighted by molar-refractivity contribution is 7.99. The van der Waals surface area contributed by atoms with E-state index in [4.69, 9.17) is 5.26 Å². The summed E-state index contributed by atoms with van der Waals surface area (Å²) in [4.78, 5) is 0. The van der Waals surface area contributed by atoms with Gasteiger partial charge in [-0.15, -0.1) is 10.2 Å². The molecule has 1 saturated carbocycles. The molecule has 4 nitrogen and oxygen atoms in total. The molecule has 26 heavy (non-hydrogen) atoms. The minimum Gasteiger partial charge on any atom is -0.299 e. The summed E-state index contributed by atoms with van der Waals surface area (Å²) in [6, 6.07) is 11.5. The van der Waals surface area contributed by atoms with Crippen molar-refractivity contribution in [3.05, 3.63) is 29.8 Å². The quantitative estimate of drug-likeness (QED) is 0.498. The molecule has 1 heterocycles. The first kappa shape index (κ1) is 19.0. The van der Waals surface area contributed by atoms with E-state index in [1.54, 1.807) is 11.8 Å².